The van der Waals surface area contributed by atoms with E-state index in [4.69, 9.17) is 0 Å². The monoisotopic (exact) mass is 224 g/mol. The maximum Gasteiger partial charge on any atom is 0.240 e. The van der Waals surface area contributed by atoms with E-state index >= 15 is 0 Å². The molecule has 0 aliphatic carbocycles. The molecule has 1 atom stereocenters. The molecule has 1 aliphatic heterocycles. The van der Waals surface area contributed by atoms with E-state index in [0.29, 0.717) is 13.1 Å². The number of nitrogens with one attached hydrogen (secondary N) is 1. The van der Waals surface area contributed by atoms with Crippen LogP contribution in [0, 0.1) is 0 Å². The highest BCUT2D eigenvalue weighted by molar-refractivity contribution is 7.07. The Kier molecular flexibility index (Phi) is 2.83. The topological polar surface area (TPSA) is 49.4 Å². The van der Waals surface area contributed by atoms with E-state index in [1.165, 1.54) is 0 Å². The third-order valence-electron chi connectivity index (χ3n) is 2.55. The van der Waals surface area contributed by atoms with E-state index in [1.54, 1.807) is 11.3 Å². The molecule has 15 heavy (non-hydrogen) atoms. The lowest BCUT2D eigenvalue weighted by atomic mass is 10.1. The van der Waals surface area contributed by atoms with Crippen molar-refractivity contribution in [1.29, 1.82) is 0 Å². The molecule has 5 heteroatoms. The molecule has 2 amide bonds. The molecule has 1 aromatic heterocycles. The van der Waals surface area contributed by atoms with Crippen molar-refractivity contribution in [3.8, 4) is 0 Å². The summed E-state index contributed by atoms with van der Waals surface area (Å²) in [7, 11) is 0. The number of nitrogens with zero attached hydrogens (tertiary/aromatic N) is 1. The van der Waals surface area contributed by atoms with Gasteiger partial charge in [0.25, 0.3) is 0 Å². The normalized spacial score (nSPS) is 20.1. The van der Waals surface area contributed by atoms with Crippen LogP contribution in [0.2, 0.25) is 0 Å². The molecule has 4 nitrogen and oxygen atoms in total. The number of carbonyl (C=O) groups is 2. The average molecular weight is 224 g/mol. The van der Waals surface area contributed by atoms with Crippen LogP contribution in [-0.2, 0) is 9.59 Å². The third-order valence-corrected chi connectivity index (χ3v) is 3.25. The molecular weight excluding hydrogens is 212 g/mol. The van der Waals surface area contributed by atoms with Crippen LogP contribution in [0.5, 0.6) is 0 Å². The van der Waals surface area contributed by atoms with Crippen molar-refractivity contribution in [2.75, 3.05) is 13.1 Å². The summed E-state index contributed by atoms with van der Waals surface area (Å²) in [4.78, 5) is 24.3. The van der Waals surface area contributed by atoms with Gasteiger partial charge in [-0.1, -0.05) is 0 Å². The molecule has 0 aromatic carbocycles. The van der Waals surface area contributed by atoms with E-state index in [-0.39, 0.29) is 17.9 Å². The molecule has 1 saturated heterocycles. The van der Waals surface area contributed by atoms with E-state index in [1.807, 2.05) is 28.7 Å². The smallest absolute Gasteiger partial charge is 0.240 e. The maximum atomic E-state index is 11.2. The van der Waals surface area contributed by atoms with Crippen LogP contribution in [-0.4, -0.2) is 29.8 Å². The Bertz CT molecular complexity index is 359. The molecule has 80 valence electrons. The van der Waals surface area contributed by atoms with Gasteiger partial charge in [0.1, 0.15) is 0 Å². The summed E-state index contributed by atoms with van der Waals surface area (Å²) in [6, 6.07) is 2.14. The van der Waals surface area contributed by atoms with Crippen molar-refractivity contribution in [2.45, 2.75) is 13.0 Å². The van der Waals surface area contributed by atoms with Crippen LogP contribution < -0.4 is 5.32 Å². The standard InChI is InChI=1S/C10H12N2O2S/c1-7(8-2-3-15-6-8)12-4-9(13)11-10(14)5-12/h2-3,6-7H,4-5H2,1H3,(H,11,13,14). The van der Waals surface area contributed by atoms with Gasteiger partial charge in [-0.25, -0.2) is 0 Å². The number of hydrogen-bond donors (Lipinski definition) is 1. The molecule has 1 aromatic rings. The zero-order valence-electron chi connectivity index (χ0n) is 8.40. The second kappa shape index (κ2) is 4.12. The first-order chi connectivity index (χ1) is 7.16. The fourth-order valence-electron chi connectivity index (χ4n) is 1.66. The lowest BCUT2D eigenvalue weighted by Crippen LogP contribution is -2.51. The maximum absolute atomic E-state index is 11.2. The molecule has 2 rings (SSSR count). The summed E-state index contributed by atoms with van der Waals surface area (Å²) in [6.07, 6.45) is 0. The summed E-state index contributed by atoms with van der Waals surface area (Å²) >= 11 is 1.62. The first-order valence-electron chi connectivity index (χ1n) is 4.75. The molecule has 0 saturated carbocycles. The summed E-state index contributed by atoms with van der Waals surface area (Å²) in [5.41, 5.74) is 1.16. The van der Waals surface area contributed by atoms with Gasteiger partial charge in [0.05, 0.1) is 13.1 Å². The third kappa shape index (κ3) is 2.24. The minimum atomic E-state index is -0.215. The Hall–Kier alpha value is -1.20. The molecule has 1 aliphatic rings. The fraction of sp³-hybridized carbons (Fsp3) is 0.400. The van der Waals surface area contributed by atoms with Crippen LogP contribution in [0.25, 0.3) is 0 Å². The predicted molar refractivity (Wildman–Crippen MR) is 57.5 cm³/mol. The van der Waals surface area contributed by atoms with Gasteiger partial charge in [-0.05, 0) is 29.3 Å². The number of thiophene rings is 1. The molecule has 2 heterocycles. The minimum absolute atomic E-state index is 0.117. The quantitative estimate of drug-likeness (QED) is 0.755. The first kappa shape index (κ1) is 10.3. The van der Waals surface area contributed by atoms with Gasteiger partial charge in [-0.3, -0.25) is 19.8 Å². The van der Waals surface area contributed by atoms with Gasteiger partial charge < -0.3 is 0 Å². The Morgan fingerprint density at radius 2 is 2.07 bits per heavy atom. The van der Waals surface area contributed by atoms with Crippen LogP contribution in [0.3, 0.4) is 0 Å². The minimum Gasteiger partial charge on any atom is -0.294 e. The lowest BCUT2D eigenvalue weighted by Gasteiger charge is -2.30. The molecule has 0 spiro atoms. The molecular formula is C10H12N2O2S. The van der Waals surface area contributed by atoms with Gasteiger partial charge in [0.2, 0.25) is 11.8 Å². The Morgan fingerprint density at radius 1 is 1.40 bits per heavy atom. The summed E-state index contributed by atoms with van der Waals surface area (Å²) in [5, 5.41) is 6.33. The van der Waals surface area contributed by atoms with Crippen molar-refractivity contribution in [3.63, 3.8) is 0 Å². The summed E-state index contributed by atoms with van der Waals surface area (Å²) in [6.45, 7) is 2.60. The molecule has 0 radical (unpaired) electrons. The number of rotatable bonds is 2. The highest BCUT2D eigenvalue weighted by Crippen LogP contribution is 2.22. The van der Waals surface area contributed by atoms with Crippen molar-refractivity contribution in [2.24, 2.45) is 0 Å². The highest BCUT2D eigenvalue weighted by atomic mass is 32.1. The molecule has 1 N–H and O–H groups in total. The van der Waals surface area contributed by atoms with Gasteiger partial charge in [-0.2, -0.15) is 11.3 Å². The molecule has 0 bridgehead atoms. The van der Waals surface area contributed by atoms with Crippen molar-refractivity contribution >= 4 is 23.2 Å². The number of imide groups is 1. The van der Waals surface area contributed by atoms with Crippen molar-refractivity contribution < 1.29 is 9.59 Å². The second-order valence-electron chi connectivity index (χ2n) is 3.61. The SMILES string of the molecule is CC(c1ccsc1)N1CC(=O)NC(=O)C1. The van der Waals surface area contributed by atoms with Gasteiger partial charge in [0.15, 0.2) is 0 Å². The zero-order valence-corrected chi connectivity index (χ0v) is 9.21. The Morgan fingerprint density at radius 3 is 2.60 bits per heavy atom. The van der Waals surface area contributed by atoms with Crippen LogP contribution >= 0.6 is 11.3 Å². The first-order valence-corrected chi connectivity index (χ1v) is 5.70. The van der Waals surface area contributed by atoms with Crippen molar-refractivity contribution in [1.82, 2.24) is 10.2 Å². The van der Waals surface area contributed by atoms with E-state index < -0.39 is 0 Å². The number of amides is 2. The Labute approximate surface area is 91.9 Å². The summed E-state index contributed by atoms with van der Waals surface area (Å²) < 4.78 is 0. The summed E-state index contributed by atoms with van der Waals surface area (Å²) in [5.74, 6) is -0.429. The predicted octanol–water partition coefficient (Wildman–Crippen LogP) is 0.767. The zero-order chi connectivity index (χ0) is 10.8. The van der Waals surface area contributed by atoms with Crippen LogP contribution in [0.1, 0.15) is 18.5 Å². The van der Waals surface area contributed by atoms with Gasteiger partial charge in [-0.15, -0.1) is 0 Å². The molecule has 1 unspecified atom stereocenters. The second-order valence-corrected chi connectivity index (χ2v) is 4.39. The average Bonchev–Trinajstić information content (AvgIpc) is 2.67. The lowest BCUT2D eigenvalue weighted by molar-refractivity contribution is -0.137. The molecule has 1 fully saturated rings. The highest BCUT2D eigenvalue weighted by Gasteiger charge is 2.26. The van der Waals surface area contributed by atoms with Crippen molar-refractivity contribution in [3.05, 3.63) is 22.4 Å². The number of carbonyl (C=O) groups excluding carboxylic acids is 2. The fourth-order valence-corrected chi connectivity index (χ4v) is 2.40. The van der Waals surface area contributed by atoms with E-state index in [9.17, 15) is 9.59 Å². The van der Waals surface area contributed by atoms with Crippen LogP contribution in [0.15, 0.2) is 16.8 Å². The number of piperazine rings is 1. The van der Waals surface area contributed by atoms with Crippen LogP contribution in [0.4, 0.5) is 0 Å². The largest absolute Gasteiger partial charge is 0.294 e. The Balaban J connectivity index is 2.10. The van der Waals surface area contributed by atoms with E-state index in [2.05, 4.69) is 5.32 Å². The van der Waals surface area contributed by atoms with Gasteiger partial charge >= 0.3 is 0 Å². The number of hydrogen-bond acceptors (Lipinski definition) is 4. The van der Waals surface area contributed by atoms with E-state index in [0.717, 1.165) is 5.56 Å². The van der Waals surface area contributed by atoms with Gasteiger partial charge in [0, 0.05) is 6.04 Å².